The molecule has 0 heterocycles. The molecule has 2 aromatic rings. The zero-order valence-electron chi connectivity index (χ0n) is 10.6. The molecule has 2 N–H and O–H groups in total. The first kappa shape index (κ1) is 15.7. The minimum absolute atomic E-state index is 0.322. The SMILES string of the molecule is C=O.Cc1cccc(C)c1O.Oc1ccccc1. The van der Waals surface area contributed by atoms with Gasteiger partial charge in [-0.15, -0.1) is 0 Å². The molecule has 2 rings (SSSR count). The fourth-order valence-corrected chi connectivity index (χ4v) is 1.23. The van der Waals surface area contributed by atoms with Crippen molar-refractivity contribution in [3.63, 3.8) is 0 Å². The van der Waals surface area contributed by atoms with Gasteiger partial charge in [0.15, 0.2) is 0 Å². The summed E-state index contributed by atoms with van der Waals surface area (Å²) in [5.74, 6) is 0.736. The molecular formula is C15H18O3. The molecule has 0 aromatic heterocycles. The minimum Gasteiger partial charge on any atom is -0.508 e. The van der Waals surface area contributed by atoms with Crippen LogP contribution in [0.1, 0.15) is 11.1 Å². The lowest BCUT2D eigenvalue weighted by molar-refractivity contribution is -0.0979. The van der Waals surface area contributed by atoms with E-state index in [1.807, 2.05) is 44.9 Å². The molecule has 0 atom stereocenters. The van der Waals surface area contributed by atoms with E-state index < -0.39 is 0 Å². The highest BCUT2D eigenvalue weighted by Crippen LogP contribution is 2.19. The number of rotatable bonds is 0. The van der Waals surface area contributed by atoms with Crippen LogP contribution in [0.2, 0.25) is 0 Å². The molecule has 0 spiro atoms. The van der Waals surface area contributed by atoms with Crippen molar-refractivity contribution in [3.05, 3.63) is 59.7 Å². The summed E-state index contributed by atoms with van der Waals surface area (Å²) in [6.07, 6.45) is 0. The maximum absolute atomic E-state index is 9.21. The highest BCUT2D eigenvalue weighted by Gasteiger charge is 1.95. The van der Waals surface area contributed by atoms with Crippen molar-refractivity contribution in [2.45, 2.75) is 13.8 Å². The van der Waals surface area contributed by atoms with Gasteiger partial charge in [0, 0.05) is 0 Å². The van der Waals surface area contributed by atoms with Crippen LogP contribution in [-0.2, 0) is 4.79 Å². The molecule has 0 amide bonds. The Bertz CT molecular complexity index is 432. The molecule has 0 unspecified atom stereocenters. The van der Waals surface area contributed by atoms with E-state index in [-0.39, 0.29) is 0 Å². The Kier molecular flexibility index (Phi) is 7.69. The fraction of sp³-hybridized carbons (Fsp3) is 0.133. The predicted molar refractivity (Wildman–Crippen MR) is 72.8 cm³/mol. The lowest BCUT2D eigenvalue weighted by Gasteiger charge is -1.99. The molecule has 0 saturated heterocycles. The number of aryl methyl sites for hydroxylation is 2. The van der Waals surface area contributed by atoms with Gasteiger partial charge in [-0.2, -0.15) is 0 Å². The number of benzene rings is 2. The number of carbonyl (C=O) groups excluding carboxylic acids is 1. The molecule has 0 aliphatic carbocycles. The highest BCUT2D eigenvalue weighted by atomic mass is 16.3. The zero-order chi connectivity index (χ0) is 14.0. The number of phenols is 2. The monoisotopic (exact) mass is 246 g/mol. The van der Waals surface area contributed by atoms with E-state index in [0.717, 1.165) is 11.1 Å². The van der Waals surface area contributed by atoms with Gasteiger partial charge in [0.1, 0.15) is 18.3 Å². The summed E-state index contributed by atoms with van der Waals surface area (Å²) in [5, 5.41) is 17.8. The van der Waals surface area contributed by atoms with Crippen molar-refractivity contribution in [1.29, 1.82) is 0 Å². The molecule has 0 bridgehead atoms. The van der Waals surface area contributed by atoms with Crippen molar-refractivity contribution < 1.29 is 15.0 Å². The molecule has 96 valence electrons. The van der Waals surface area contributed by atoms with E-state index in [2.05, 4.69) is 0 Å². The minimum atomic E-state index is 0.322. The standard InChI is InChI=1S/C8H10O.C6H6O.CH2O/c1-6-4-3-5-7(2)8(6)9;7-6-4-2-1-3-5-6;1-2/h3-5,9H,1-2H3;1-5,7H;1H2. The molecule has 0 radical (unpaired) electrons. The Hall–Kier alpha value is -2.29. The smallest absolute Gasteiger partial charge is 0.121 e. The first-order valence-electron chi connectivity index (χ1n) is 5.39. The van der Waals surface area contributed by atoms with Crippen molar-refractivity contribution in [3.8, 4) is 11.5 Å². The van der Waals surface area contributed by atoms with Crippen LogP contribution in [0.3, 0.4) is 0 Å². The molecule has 0 aliphatic rings. The summed E-state index contributed by atoms with van der Waals surface area (Å²) in [6.45, 7) is 5.78. The second-order valence-corrected chi connectivity index (χ2v) is 3.58. The number of carbonyl (C=O) groups is 1. The Balaban J connectivity index is 0.000000289. The van der Waals surface area contributed by atoms with Crippen LogP contribution in [0.15, 0.2) is 48.5 Å². The van der Waals surface area contributed by atoms with Gasteiger partial charge in [0.05, 0.1) is 0 Å². The molecule has 0 saturated carbocycles. The van der Waals surface area contributed by atoms with Crippen LogP contribution in [0, 0.1) is 13.8 Å². The first-order chi connectivity index (χ1) is 8.61. The van der Waals surface area contributed by atoms with E-state index in [4.69, 9.17) is 9.90 Å². The van der Waals surface area contributed by atoms with Gasteiger partial charge in [0.2, 0.25) is 0 Å². The van der Waals surface area contributed by atoms with Crippen LogP contribution >= 0.6 is 0 Å². The molecule has 2 aromatic carbocycles. The van der Waals surface area contributed by atoms with Crippen LogP contribution in [-0.4, -0.2) is 17.0 Å². The summed E-state index contributed by atoms with van der Waals surface area (Å²) in [6, 6.07) is 14.4. The van der Waals surface area contributed by atoms with Gasteiger partial charge in [-0.3, -0.25) is 0 Å². The van der Waals surface area contributed by atoms with Crippen LogP contribution in [0.5, 0.6) is 11.5 Å². The Morgan fingerprint density at radius 1 is 0.778 bits per heavy atom. The molecular weight excluding hydrogens is 228 g/mol. The number of aromatic hydroxyl groups is 2. The molecule has 3 nitrogen and oxygen atoms in total. The second-order valence-electron chi connectivity index (χ2n) is 3.58. The average molecular weight is 246 g/mol. The van der Waals surface area contributed by atoms with Crippen LogP contribution in [0.25, 0.3) is 0 Å². The number of para-hydroxylation sites is 2. The van der Waals surface area contributed by atoms with Gasteiger partial charge in [-0.1, -0.05) is 36.4 Å². The van der Waals surface area contributed by atoms with Gasteiger partial charge in [-0.25, -0.2) is 0 Å². The Labute approximate surface area is 107 Å². The third kappa shape index (κ3) is 5.70. The van der Waals surface area contributed by atoms with Gasteiger partial charge in [-0.05, 0) is 37.1 Å². The second kappa shape index (κ2) is 8.82. The number of hydrogen-bond acceptors (Lipinski definition) is 3. The maximum atomic E-state index is 9.21. The zero-order valence-corrected chi connectivity index (χ0v) is 10.6. The van der Waals surface area contributed by atoms with Crippen LogP contribution in [0.4, 0.5) is 0 Å². The summed E-state index contributed by atoms with van der Waals surface area (Å²) in [5.41, 5.74) is 1.88. The first-order valence-corrected chi connectivity index (χ1v) is 5.39. The van der Waals surface area contributed by atoms with Crippen molar-refractivity contribution >= 4 is 6.79 Å². The predicted octanol–water partition coefficient (Wildman–Crippen LogP) is 3.22. The van der Waals surface area contributed by atoms with E-state index in [1.165, 1.54) is 0 Å². The van der Waals surface area contributed by atoms with E-state index in [0.29, 0.717) is 11.5 Å². The average Bonchev–Trinajstić information content (AvgIpc) is 2.40. The van der Waals surface area contributed by atoms with E-state index >= 15 is 0 Å². The van der Waals surface area contributed by atoms with Crippen molar-refractivity contribution in [2.24, 2.45) is 0 Å². The van der Waals surface area contributed by atoms with Crippen LogP contribution < -0.4 is 0 Å². The fourth-order valence-electron chi connectivity index (χ4n) is 1.23. The van der Waals surface area contributed by atoms with E-state index in [1.54, 1.807) is 24.3 Å². The quantitative estimate of drug-likeness (QED) is 0.750. The third-order valence-electron chi connectivity index (χ3n) is 2.20. The van der Waals surface area contributed by atoms with Gasteiger partial charge >= 0.3 is 0 Å². The summed E-state index contributed by atoms with van der Waals surface area (Å²) >= 11 is 0. The largest absolute Gasteiger partial charge is 0.508 e. The molecule has 0 aliphatic heterocycles. The van der Waals surface area contributed by atoms with Gasteiger partial charge in [0.25, 0.3) is 0 Å². The summed E-state index contributed by atoms with van der Waals surface area (Å²) < 4.78 is 0. The van der Waals surface area contributed by atoms with Gasteiger partial charge < -0.3 is 15.0 Å². The highest BCUT2D eigenvalue weighted by molar-refractivity contribution is 5.37. The molecule has 0 fully saturated rings. The maximum Gasteiger partial charge on any atom is 0.121 e. The lowest BCUT2D eigenvalue weighted by Crippen LogP contribution is -1.76. The van der Waals surface area contributed by atoms with Crippen molar-refractivity contribution in [2.75, 3.05) is 0 Å². The number of hydrogen-bond donors (Lipinski definition) is 2. The lowest BCUT2D eigenvalue weighted by atomic mass is 10.1. The molecule has 3 heteroatoms. The normalized spacial score (nSPS) is 8.33. The Morgan fingerprint density at radius 2 is 1.22 bits per heavy atom. The summed E-state index contributed by atoms with van der Waals surface area (Å²) in [4.78, 5) is 8.00. The number of phenolic OH excluding ortho intramolecular Hbond substituents is 2. The Morgan fingerprint density at radius 3 is 1.50 bits per heavy atom. The molecule has 18 heavy (non-hydrogen) atoms. The topological polar surface area (TPSA) is 57.5 Å². The van der Waals surface area contributed by atoms with E-state index in [9.17, 15) is 5.11 Å². The summed E-state index contributed by atoms with van der Waals surface area (Å²) in [7, 11) is 0. The van der Waals surface area contributed by atoms with Crippen molar-refractivity contribution in [1.82, 2.24) is 0 Å². The third-order valence-corrected chi connectivity index (χ3v) is 2.20.